The van der Waals surface area contributed by atoms with Gasteiger partial charge >= 0.3 is 0 Å². The summed E-state index contributed by atoms with van der Waals surface area (Å²) in [7, 11) is 0. The fraction of sp³-hybridized carbons (Fsp3) is 1.00. The molecule has 2 nitrogen and oxygen atoms in total. The van der Waals surface area contributed by atoms with E-state index in [1.54, 1.807) is 0 Å². The molecule has 2 heteroatoms. The molecule has 1 N–H and O–H groups in total. The lowest BCUT2D eigenvalue weighted by Crippen LogP contribution is -2.19. The first-order valence-electron chi connectivity index (χ1n) is 3.92. The van der Waals surface area contributed by atoms with Gasteiger partial charge in [0, 0.05) is 0 Å². The Morgan fingerprint density at radius 3 is 2.60 bits per heavy atom. The Morgan fingerprint density at radius 2 is 2.30 bits per heavy atom. The van der Waals surface area contributed by atoms with Crippen LogP contribution in [0.25, 0.3) is 0 Å². The minimum Gasteiger partial charge on any atom is -0.393 e. The lowest BCUT2D eigenvalue weighted by Gasteiger charge is -2.05. The second-order valence-electron chi connectivity index (χ2n) is 3.39. The third kappa shape index (κ3) is 1.18. The molecule has 1 fully saturated rings. The largest absolute Gasteiger partial charge is 0.393 e. The molecular formula is C8H16O2. The van der Waals surface area contributed by atoms with Gasteiger partial charge in [0.15, 0.2) is 0 Å². The van der Waals surface area contributed by atoms with Gasteiger partial charge in [-0.25, -0.2) is 0 Å². The van der Waals surface area contributed by atoms with Crippen LogP contribution in [0, 0.1) is 5.92 Å². The van der Waals surface area contributed by atoms with Gasteiger partial charge in [0.2, 0.25) is 0 Å². The Hall–Kier alpha value is -0.0800. The van der Waals surface area contributed by atoms with Gasteiger partial charge in [-0.15, -0.1) is 0 Å². The van der Waals surface area contributed by atoms with Crippen molar-refractivity contribution in [1.29, 1.82) is 0 Å². The van der Waals surface area contributed by atoms with Gasteiger partial charge in [-0.05, 0) is 12.8 Å². The third-order valence-corrected chi connectivity index (χ3v) is 2.42. The molecule has 0 aromatic heterocycles. The highest BCUT2D eigenvalue weighted by molar-refractivity contribution is 5.00. The second-order valence-corrected chi connectivity index (χ2v) is 3.39. The van der Waals surface area contributed by atoms with Crippen LogP contribution >= 0.6 is 0 Å². The summed E-state index contributed by atoms with van der Waals surface area (Å²) < 4.78 is 5.36. The maximum absolute atomic E-state index is 8.86. The topological polar surface area (TPSA) is 32.8 Å². The van der Waals surface area contributed by atoms with E-state index in [-0.39, 0.29) is 12.2 Å². The van der Waals surface area contributed by atoms with Gasteiger partial charge in [-0.3, -0.25) is 0 Å². The molecule has 0 saturated carbocycles. The van der Waals surface area contributed by atoms with Crippen molar-refractivity contribution in [2.45, 2.75) is 38.9 Å². The molecule has 0 amide bonds. The quantitative estimate of drug-likeness (QED) is 0.603. The third-order valence-electron chi connectivity index (χ3n) is 2.42. The summed E-state index contributed by atoms with van der Waals surface area (Å²) in [4.78, 5) is 0. The maximum Gasteiger partial charge on any atom is 0.115 e. The second kappa shape index (κ2) is 2.51. The van der Waals surface area contributed by atoms with Gasteiger partial charge in [0.25, 0.3) is 0 Å². The van der Waals surface area contributed by atoms with Crippen LogP contribution in [0.3, 0.4) is 0 Å². The Kier molecular flexibility index (Phi) is 2.02. The normalized spacial score (nSPS) is 41.4. The fourth-order valence-electron chi connectivity index (χ4n) is 1.32. The Labute approximate surface area is 62.2 Å². The molecule has 1 saturated heterocycles. The van der Waals surface area contributed by atoms with Gasteiger partial charge in [-0.1, -0.05) is 20.3 Å². The SMILES string of the molecule is CC[C@H](C)[C@H]1O[C@]1(C)CO. The average molecular weight is 144 g/mol. The van der Waals surface area contributed by atoms with E-state index in [4.69, 9.17) is 9.84 Å². The molecule has 3 atom stereocenters. The summed E-state index contributed by atoms with van der Waals surface area (Å²) >= 11 is 0. The first-order chi connectivity index (χ1) is 4.64. The summed E-state index contributed by atoms with van der Waals surface area (Å²) in [5.41, 5.74) is -0.213. The highest BCUT2D eigenvalue weighted by atomic mass is 16.6. The Bertz CT molecular complexity index is 124. The summed E-state index contributed by atoms with van der Waals surface area (Å²) in [6.45, 7) is 6.42. The monoisotopic (exact) mass is 144 g/mol. The van der Waals surface area contributed by atoms with Crippen LogP contribution in [0.1, 0.15) is 27.2 Å². The van der Waals surface area contributed by atoms with E-state index >= 15 is 0 Å². The van der Waals surface area contributed by atoms with E-state index in [0.717, 1.165) is 6.42 Å². The van der Waals surface area contributed by atoms with Gasteiger partial charge in [-0.2, -0.15) is 0 Å². The van der Waals surface area contributed by atoms with Crippen LogP contribution in [0.5, 0.6) is 0 Å². The zero-order chi connectivity index (χ0) is 7.78. The lowest BCUT2D eigenvalue weighted by atomic mass is 9.96. The zero-order valence-corrected chi connectivity index (χ0v) is 6.92. The van der Waals surface area contributed by atoms with E-state index in [2.05, 4.69) is 13.8 Å². The van der Waals surface area contributed by atoms with Gasteiger partial charge in [0.05, 0.1) is 12.7 Å². The van der Waals surface area contributed by atoms with E-state index < -0.39 is 0 Å². The van der Waals surface area contributed by atoms with Crippen molar-refractivity contribution < 1.29 is 9.84 Å². The van der Waals surface area contributed by atoms with Crippen LogP contribution in [-0.4, -0.2) is 23.4 Å². The molecule has 0 aliphatic carbocycles. The summed E-state index contributed by atoms with van der Waals surface area (Å²) in [5.74, 6) is 0.581. The predicted octanol–water partition coefficient (Wildman–Crippen LogP) is 1.18. The number of hydrogen-bond acceptors (Lipinski definition) is 2. The van der Waals surface area contributed by atoms with Crippen LogP contribution in [0.15, 0.2) is 0 Å². The fourth-order valence-corrected chi connectivity index (χ4v) is 1.32. The van der Waals surface area contributed by atoms with E-state index in [1.165, 1.54) is 0 Å². The van der Waals surface area contributed by atoms with Crippen molar-refractivity contribution in [2.24, 2.45) is 5.92 Å². The minimum absolute atomic E-state index is 0.155. The molecule has 10 heavy (non-hydrogen) atoms. The smallest absolute Gasteiger partial charge is 0.115 e. The highest BCUT2D eigenvalue weighted by Crippen LogP contribution is 2.41. The summed E-state index contributed by atoms with van der Waals surface area (Å²) in [5, 5.41) is 8.86. The number of ether oxygens (including phenoxy) is 1. The zero-order valence-electron chi connectivity index (χ0n) is 6.92. The highest BCUT2D eigenvalue weighted by Gasteiger charge is 2.53. The van der Waals surface area contributed by atoms with Crippen molar-refractivity contribution >= 4 is 0 Å². The number of aliphatic hydroxyl groups is 1. The van der Waals surface area contributed by atoms with Gasteiger partial charge < -0.3 is 9.84 Å². The van der Waals surface area contributed by atoms with Crippen molar-refractivity contribution in [1.82, 2.24) is 0 Å². The number of aliphatic hydroxyl groups excluding tert-OH is 1. The number of hydrogen-bond donors (Lipinski definition) is 1. The van der Waals surface area contributed by atoms with Crippen molar-refractivity contribution in [3.05, 3.63) is 0 Å². The molecule has 1 aliphatic heterocycles. The van der Waals surface area contributed by atoms with Crippen LogP contribution < -0.4 is 0 Å². The molecule has 0 spiro atoms. The standard InChI is InChI=1S/C8H16O2/c1-4-6(2)7-8(3,5-9)10-7/h6-7,9H,4-5H2,1-3H3/t6-,7+,8+/m0/s1. The van der Waals surface area contributed by atoms with E-state index in [0.29, 0.717) is 12.0 Å². The van der Waals surface area contributed by atoms with Crippen LogP contribution in [-0.2, 0) is 4.74 Å². The molecule has 0 unspecified atom stereocenters. The van der Waals surface area contributed by atoms with Crippen LogP contribution in [0.2, 0.25) is 0 Å². The van der Waals surface area contributed by atoms with Crippen LogP contribution in [0.4, 0.5) is 0 Å². The molecular weight excluding hydrogens is 128 g/mol. The van der Waals surface area contributed by atoms with Crippen molar-refractivity contribution in [2.75, 3.05) is 6.61 Å². The molecule has 1 aliphatic rings. The molecule has 0 radical (unpaired) electrons. The molecule has 60 valence electrons. The molecule has 0 aromatic carbocycles. The average Bonchev–Trinajstić information content (AvgIpc) is 2.62. The Balaban J connectivity index is 2.36. The molecule has 0 bridgehead atoms. The number of epoxide rings is 1. The van der Waals surface area contributed by atoms with E-state index in [9.17, 15) is 0 Å². The van der Waals surface area contributed by atoms with Gasteiger partial charge in [0.1, 0.15) is 5.60 Å². The van der Waals surface area contributed by atoms with Crippen molar-refractivity contribution in [3.8, 4) is 0 Å². The summed E-state index contributed by atoms with van der Waals surface area (Å²) in [6, 6.07) is 0. The maximum atomic E-state index is 8.86. The van der Waals surface area contributed by atoms with Crippen molar-refractivity contribution in [3.63, 3.8) is 0 Å². The molecule has 1 rings (SSSR count). The minimum atomic E-state index is -0.213. The number of rotatable bonds is 3. The molecule has 0 aromatic rings. The first-order valence-corrected chi connectivity index (χ1v) is 3.92. The van der Waals surface area contributed by atoms with E-state index in [1.807, 2.05) is 6.92 Å². The first kappa shape index (κ1) is 8.02. The predicted molar refractivity (Wildman–Crippen MR) is 39.8 cm³/mol. The molecule has 1 heterocycles. The lowest BCUT2D eigenvalue weighted by molar-refractivity contribution is 0.183. The Morgan fingerprint density at radius 1 is 1.70 bits per heavy atom. The summed E-state index contributed by atoms with van der Waals surface area (Å²) in [6.07, 6.45) is 1.42.